The first-order chi connectivity index (χ1) is 26.2. The molecule has 0 saturated carbocycles. The zero-order chi connectivity index (χ0) is 38.5. The van der Waals surface area contributed by atoms with Crippen LogP contribution in [0.1, 0.15) is 22.3 Å². The van der Waals surface area contributed by atoms with E-state index in [1.165, 1.54) is 14.2 Å². The average molecular weight is 741 g/mol. The number of aromatic nitrogens is 8. The fourth-order valence-electron chi connectivity index (χ4n) is 5.40. The normalized spacial score (nSPS) is 10.9. The molecule has 4 aromatic heterocycles. The molecule has 0 amide bonds. The van der Waals surface area contributed by atoms with Crippen LogP contribution in [0.3, 0.4) is 0 Å². The van der Waals surface area contributed by atoms with Crippen LogP contribution in [0.15, 0.2) is 61.2 Å². The minimum Gasteiger partial charge on any atom is -0.469 e. The molecule has 6 aromatic rings. The number of anilines is 4. The zero-order valence-corrected chi connectivity index (χ0v) is 30.6. The number of nitrogens with two attached hydrogens (primary N) is 2. The van der Waals surface area contributed by atoms with E-state index in [9.17, 15) is 9.59 Å². The second kappa shape index (κ2) is 18.9. The highest BCUT2D eigenvalue weighted by atomic mass is 16.5. The van der Waals surface area contributed by atoms with Crippen LogP contribution < -0.4 is 22.1 Å². The molecule has 0 aliphatic rings. The van der Waals surface area contributed by atoms with E-state index in [4.69, 9.17) is 30.4 Å². The predicted octanol–water partition coefficient (Wildman–Crippen LogP) is 2.46. The van der Waals surface area contributed by atoms with Gasteiger partial charge in [0.25, 0.3) is 0 Å². The molecular weight excluding hydrogens is 696 g/mol. The molecule has 0 bridgehead atoms. The number of esters is 2. The summed E-state index contributed by atoms with van der Waals surface area (Å²) in [5.74, 6) is 0.952. The van der Waals surface area contributed by atoms with Crippen molar-refractivity contribution in [3.8, 4) is 0 Å². The van der Waals surface area contributed by atoms with Gasteiger partial charge in [-0.05, 0) is 22.3 Å². The molecule has 0 spiro atoms. The number of nitrogen functional groups attached to an aromatic ring is 2. The highest BCUT2D eigenvalue weighted by Crippen LogP contribution is 2.21. The van der Waals surface area contributed by atoms with E-state index in [2.05, 4.69) is 40.5 Å². The Bertz CT molecular complexity index is 2030. The molecule has 6 rings (SSSR count). The Morgan fingerprint density at radius 3 is 1.43 bits per heavy atom. The Morgan fingerprint density at radius 1 is 0.630 bits per heavy atom. The molecule has 54 heavy (non-hydrogen) atoms. The molecule has 0 aliphatic heterocycles. The Kier molecular flexibility index (Phi) is 13.6. The Hall–Kier alpha value is -6.40. The fourth-order valence-corrected chi connectivity index (χ4v) is 5.40. The first-order valence-corrected chi connectivity index (χ1v) is 16.9. The molecule has 2 aromatic carbocycles. The maximum absolute atomic E-state index is 11.5. The molecule has 0 atom stereocenters. The SMILES string of the molecule is COCCNc1nc(N)c2ncn(Cc3cccc(CC(=O)OC)c3)c2n1.COCCNc1nc(N)c2ncn(Cc3cccc(CC(=O)OC)c3)c2n1. The highest BCUT2D eigenvalue weighted by Gasteiger charge is 2.14. The van der Waals surface area contributed by atoms with Crippen LogP contribution in [0.5, 0.6) is 0 Å². The van der Waals surface area contributed by atoms with E-state index in [1.807, 2.05) is 57.7 Å². The van der Waals surface area contributed by atoms with Crippen molar-refractivity contribution in [3.05, 3.63) is 83.4 Å². The van der Waals surface area contributed by atoms with E-state index in [1.54, 1.807) is 26.9 Å². The van der Waals surface area contributed by atoms with Crippen molar-refractivity contribution < 1.29 is 28.5 Å². The van der Waals surface area contributed by atoms with Gasteiger partial charge in [-0.2, -0.15) is 19.9 Å². The maximum Gasteiger partial charge on any atom is 0.309 e. The summed E-state index contributed by atoms with van der Waals surface area (Å²) < 4.78 is 23.3. The average Bonchev–Trinajstić information content (AvgIpc) is 3.76. The number of nitrogens with one attached hydrogen (secondary N) is 2. The van der Waals surface area contributed by atoms with Crippen molar-refractivity contribution in [2.45, 2.75) is 25.9 Å². The fraction of sp³-hybridized carbons (Fsp3) is 0.333. The number of nitrogens with zero attached hydrogens (tertiary/aromatic N) is 8. The van der Waals surface area contributed by atoms with Crippen LogP contribution in [0.2, 0.25) is 0 Å². The van der Waals surface area contributed by atoms with Crippen molar-refractivity contribution in [1.82, 2.24) is 39.0 Å². The number of hydrogen-bond donors (Lipinski definition) is 4. The van der Waals surface area contributed by atoms with Gasteiger partial charge in [0.15, 0.2) is 22.9 Å². The summed E-state index contributed by atoms with van der Waals surface area (Å²) in [5, 5.41) is 6.15. The number of ether oxygens (including phenoxy) is 4. The van der Waals surface area contributed by atoms with Crippen molar-refractivity contribution in [1.29, 1.82) is 0 Å². The largest absolute Gasteiger partial charge is 0.469 e. The van der Waals surface area contributed by atoms with Crippen molar-refractivity contribution >= 4 is 57.8 Å². The second-order valence-corrected chi connectivity index (χ2v) is 11.9. The number of carbonyl (C=O) groups is 2. The minimum atomic E-state index is -0.271. The molecule has 0 aliphatic carbocycles. The van der Waals surface area contributed by atoms with Crippen LogP contribution in [0, 0.1) is 0 Å². The molecule has 0 saturated heterocycles. The van der Waals surface area contributed by atoms with Crippen LogP contribution >= 0.6 is 0 Å². The summed E-state index contributed by atoms with van der Waals surface area (Å²) in [6, 6.07) is 15.5. The lowest BCUT2D eigenvalue weighted by Gasteiger charge is -2.08. The van der Waals surface area contributed by atoms with Gasteiger partial charge in [0, 0.05) is 27.3 Å². The first-order valence-electron chi connectivity index (χ1n) is 16.9. The second-order valence-electron chi connectivity index (χ2n) is 11.9. The van der Waals surface area contributed by atoms with E-state index in [0.717, 1.165) is 22.3 Å². The van der Waals surface area contributed by atoms with Crippen molar-refractivity contribution in [2.75, 3.05) is 76.8 Å². The van der Waals surface area contributed by atoms with Gasteiger partial charge < -0.3 is 50.2 Å². The lowest BCUT2D eigenvalue weighted by atomic mass is 10.1. The van der Waals surface area contributed by atoms with E-state index in [-0.39, 0.29) is 24.8 Å². The van der Waals surface area contributed by atoms with Crippen LogP contribution in [0.25, 0.3) is 22.3 Å². The summed E-state index contributed by atoms with van der Waals surface area (Å²) >= 11 is 0. The smallest absolute Gasteiger partial charge is 0.309 e. The first kappa shape index (κ1) is 38.8. The summed E-state index contributed by atoms with van der Waals surface area (Å²) in [6.07, 6.45) is 3.83. The Morgan fingerprint density at radius 2 is 1.04 bits per heavy atom. The van der Waals surface area contributed by atoms with Gasteiger partial charge in [-0.3, -0.25) is 9.59 Å². The topological polar surface area (TPSA) is 234 Å². The molecule has 284 valence electrons. The van der Waals surface area contributed by atoms with Crippen LogP contribution in [0.4, 0.5) is 23.5 Å². The third-order valence-corrected chi connectivity index (χ3v) is 8.00. The molecule has 0 radical (unpaired) electrons. The maximum atomic E-state index is 11.5. The van der Waals surface area contributed by atoms with Crippen LogP contribution in [-0.4, -0.2) is 106 Å². The van der Waals surface area contributed by atoms with Crippen LogP contribution in [-0.2, 0) is 54.5 Å². The third kappa shape index (κ3) is 10.4. The molecule has 0 unspecified atom stereocenters. The predicted molar refractivity (Wildman–Crippen MR) is 203 cm³/mol. The molecule has 6 N–H and O–H groups in total. The van der Waals surface area contributed by atoms with E-state index >= 15 is 0 Å². The van der Waals surface area contributed by atoms with Gasteiger partial charge in [-0.25, -0.2) is 9.97 Å². The zero-order valence-electron chi connectivity index (χ0n) is 30.6. The summed E-state index contributed by atoms with van der Waals surface area (Å²) in [5.41, 5.74) is 18.2. The summed E-state index contributed by atoms with van der Waals surface area (Å²) in [4.78, 5) is 49.1. The standard InChI is InChI=1S/2C18H22N6O3/c2*1-26-7-6-20-18-22-16(19)15-17(23-18)24(11-21-15)10-13-5-3-4-12(8-13)9-14(25)27-2/h2*3-5,8,11H,6-7,9-10H2,1-2H3,(H3,19,20,22,23). The number of imidazole rings is 2. The van der Waals surface area contributed by atoms with Gasteiger partial charge in [-0.1, -0.05) is 48.5 Å². The number of fused-ring (bicyclic) bond motifs is 2. The molecule has 0 fully saturated rings. The van der Waals surface area contributed by atoms with Crippen molar-refractivity contribution in [2.24, 2.45) is 0 Å². The minimum absolute atomic E-state index is 0.234. The quantitative estimate of drug-likeness (QED) is 0.0824. The van der Waals surface area contributed by atoms with Gasteiger partial charge >= 0.3 is 11.9 Å². The van der Waals surface area contributed by atoms with Gasteiger partial charge in [-0.15, -0.1) is 0 Å². The molecular formula is C36H44N12O6. The highest BCUT2D eigenvalue weighted by molar-refractivity contribution is 5.83. The number of methoxy groups -OCH3 is 4. The van der Waals surface area contributed by atoms with Gasteiger partial charge in [0.1, 0.15) is 11.0 Å². The number of carbonyl (C=O) groups excluding carboxylic acids is 2. The lowest BCUT2D eigenvalue weighted by molar-refractivity contribution is -0.140. The summed E-state index contributed by atoms with van der Waals surface area (Å²) in [7, 11) is 6.02. The number of hydrogen-bond acceptors (Lipinski definition) is 16. The van der Waals surface area contributed by atoms with Gasteiger partial charge in [0.2, 0.25) is 11.9 Å². The Labute approximate surface area is 311 Å². The number of benzene rings is 2. The molecule has 18 nitrogen and oxygen atoms in total. The molecule has 4 heterocycles. The Balaban J connectivity index is 0.000000208. The van der Waals surface area contributed by atoms with Gasteiger partial charge in [0.05, 0.1) is 66.0 Å². The third-order valence-electron chi connectivity index (χ3n) is 8.00. The lowest BCUT2D eigenvalue weighted by Crippen LogP contribution is -2.12. The number of rotatable bonds is 16. The molecule has 18 heteroatoms. The van der Waals surface area contributed by atoms with E-state index in [0.29, 0.717) is 85.3 Å². The summed E-state index contributed by atoms with van der Waals surface area (Å²) in [6.45, 7) is 3.30. The van der Waals surface area contributed by atoms with Crippen molar-refractivity contribution in [3.63, 3.8) is 0 Å². The van der Waals surface area contributed by atoms with E-state index < -0.39 is 0 Å². The monoisotopic (exact) mass is 740 g/mol.